The SMILES string of the molecule is CN(c1ccc(F)cc1)c1ccc(=O)n(Cc2ccc(Cl)cc2)c1. The number of anilines is 2. The van der Waals surface area contributed by atoms with Crippen molar-refractivity contribution in [3.63, 3.8) is 0 Å². The van der Waals surface area contributed by atoms with E-state index < -0.39 is 0 Å². The summed E-state index contributed by atoms with van der Waals surface area (Å²) in [6, 6.07) is 16.9. The van der Waals surface area contributed by atoms with Crippen molar-refractivity contribution in [3.05, 3.63) is 93.6 Å². The van der Waals surface area contributed by atoms with E-state index in [1.54, 1.807) is 41.1 Å². The van der Waals surface area contributed by atoms with Gasteiger partial charge in [-0.1, -0.05) is 23.7 Å². The van der Waals surface area contributed by atoms with Gasteiger partial charge in [0.15, 0.2) is 0 Å². The smallest absolute Gasteiger partial charge is 0.250 e. The van der Waals surface area contributed by atoms with Crippen molar-refractivity contribution in [1.82, 2.24) is 4.57 Å². The van der Waals surface area contributed by atoms with Gasteiger partial charge in [-0.3, -0.25) is 4.79 Å². The minimum Gasteiger partial charge on any atom is -0.343 e. The van der Waals surface area contributed by atoms with Crippen LogP contribution in [0.4, 0.5) is 15.8 Å². The summed E-state index contributed by atoms with van der Waals surface area (Å²) in [6.45, 7) is 0.459. The van der Waals surface area contributed by atoms with Gasteiger partial charge in [0.25, 0.3) is 5.56 Å². The maximum absolute atomic E-state index is 13.1. The zero-order chi connectivity index (χ0) is 17.1. The summed E-state index contributed by atoms with van der Waals surface area (Å²) >= 11 is 5.89. The second kappa shape index (κ2) is 6.89. The summed E-state index contributed by atoms with van der Waals surface area (Å²) in [5, 5.41) is 0.663. The molecule has 0 amide bonds. The van der Waals surface area contributed by atoms with Crippen LogP contribution in [0.1, 0.15) is 5.56 Å². The van der Waals surface area contributed by atoms with E-state index in [0.29, 0.717) is 11.6 Å². The minimum atomic E-state index is -0.278. The number of aromatic nitrogens is 1. The van der Waals surface area contributed by atoms with Gasteiger partial charge in [0.1, 0.15) is 5.82 Å². The largest absolute Gasteiger partial charge is 0.343 e. The first-order valence-electron chi connectivity index (χ1n) is 7.47. The Kier molecular flexibility index (Phi) is 4.67. The maximum Gasteiger partial charge on any atom is 0.250 e. The lowest BCUT2D eigenvalue weighted by Gasteiger charge is -2.20. The molecule has 1 heterocycles. The van der Waals surface area contributed by atoms with Crippen LogP contribution in [0.3, 0.4) is 0 Å². The molecule has 0 atom stereocenters. The van der Waals surface area contributed by atoms with E-state index in [0.717, 1.165) is 16.9 Å². The molecule has 0 N–H and O–H groups in total. The molecule has 0 unspecified atom stereocenters. The number of hydrogen-bond acceptors (Lipinski definition) is 2. The molecular formula is C19H16ClFN2O. The predicted octanol–water partition coefficient (Wildman–Crippen LogP) is 4.46. The minimum absolute atomic E-state index is 0.0822. The fourth-order valence-corrected chi connectivity index (χ4v) is 2.57. The van der Waals surface area contributed by atoms with Crippen molar-refractivity contribution in [2.24, 2.45) is 0 Å². The fourth-order valence-electron chi connectivity index (χ4n) is 2.44. The molecule has 0 spiro atoms. The molecule has 0 aliphatic carbocycles. The monoisotopic (exact) mass is 342 g/mol. The van der Waals surface area contributed by atoms with Crippen LogP contribution in [0.25, 0.3) is 0 Å². The number of hydrogen-bond donors (Lipinski definition) is 0. The Hall–Kier alpha value is -2.59. The lowest BCUT2D eigenvalue weighted by Crippen LogP contribution is -2.21. The Balaban J connectivity index is 1.89. The number of nitrogens with zero attached hydrogens (tertiary/aromatic N) is 2. The van der Waals surface area contributed by atoms with Crippen LogP contribution in [0.15, 0.2) is 71.7 Å². The highest BCUT2D eigenvalue weighted by Crippen LogP contribution is 2.22. The van der Waals surface area contributed by atoms with E-state index in [1.807, 2.05) is 24.1 Å². The van der Waals surface area contributed by atoms with Crippen LogP contribution < -0.4 is 10.5 Å². The molecule has 0 saturated heterocycles. The number of halogens is 2. The molecular weight excluding hydrogens is 327 g/mol. The summed E-state index contributed by atoms with van der Waals surface area (Å²) in [5.74, 6) is -0.278. The van der Waals surface area contributed by atoms with E-state index in [-0.39, 0.29) is 11.4 Å². The standard InChI is InChI=1S/C19H16ClFN2O/c1-22(17-8-6-16(21)7-9-17)18-10-11-19(24)23(13-18)12-14-2-4-15(20)5-3-14/h2-11,13H,12H2,1H3. The molecule has 0 aliphatic heterocycles. The normalized spacial score (nSPS) is 10.6. The van der Waals surface area contributed by atoms with Gasteiger partial charge in [0, 0.05) is 30.0 Å². The second-order valence-corrected chi connectivity index (χ2v) is 5.95. The van der Waals surface area contributed by atoms with Crippen LogP contribution in [0.2, 0.25) is 5.02 Å². The topological polar surface area (TPSA) is 25.2 Å². The molecule has 2 aromatic carbocycles. The van der Waals surface area contributed by atoms with Crippen molar-refractivity contribution < 1.29 is 4.39 Å². The summed E-state index contributed by atoms with van der Waals surface area (Å²) in [6.07, 6.45) is 1.79. The van der Waals surface area contributed by atoms with Crippen molar-refractivity contribution in [2.45, 2.75) is 6.54 Å². The summed E-state index contributed by atoms with van der Waals surface area (Å²) in [7, 11) is 1.87. The Bertz CT molecular complexity index is 888. The van der Waals surface area contributed by atoms with E-state index >= 15 is 0 Å². The van der Waals surface area contributed by atoms with Gasteiger partial charge >= 0.3 is 0 Å². The zero-order valence-corrected chi connectivity index (χ0v) is 13.9. The van der Waals surface area contributed by atoms with Crippen LogP contribution in [0.5, 0.6) is 0 Å². The lowest BCUT2D eigenvalue weighted by atomic mass is 10.2. The molecule has 5 heteroatoms. The molecule has 3 rings (SSSR count). The van der Waals surface area contributed by atoms with Crippen molar-refractivity contribution in [1.29, 1.82) is 0 Å². The van der Waals surface area contributed by atoms with Gasteiger partial charge in [-0.05, 0) is 48.0 Å². The van der Waals surface area contributed by atoms with Gasteiger partial charge in [0.05, 0.1) is 12.2 Å². The molecule has 3 nitrogen and oxygen atoms in total. The highest BCUT2D eigenvalue weighted by atomic mass is 35.5. The van der Waals surface area contributed by atoms with Gasteiger partial charge in [-0.15, -0.1) is 0 Å². The van der Waals surface area contributed by atoms with E-state index in [4.69, 9.17) is 11.6 Å². The van der Waals surface area contributed by atoms with Gasteiger partial charge in [0.2, 0.25) is 0 Å². The third-order valence-corrected chi connectivity index (χ3v) is 4.09. The molecule has 0 fully saturated rings. The Morgan fingerprint density at radius 2 is 1.58 bits per heavy atom. The Morgan fingerprint density at radius 1 is 0.958 bits per heavy atom. The second-order valence-electron chi connectivity index (χ2n) is 5.52. The first kappa shape index (κ1) is 16.3. The van der Waals surface area contributed by atoms with Crippen molar-refractivity contribution in [2.75, 3.05) is 11.9 Å². The molecule has 0 aliphatic rings. The molecule has 24 heavy (non-hydrogen) atoms. The highest BCUT2D eigenvalue weighted by Gasteiger charge is 2.07. The molecule has 0 bridgehead atoms. The summed E-state index contributed by atoms with van der Waals surface area (Å²) in [4.78, 5) is 14.0. The third-order valence-electron chi connectivity index (χ3n) is 3.84. The Morgan fingerprint density at radius 3 is 2.25 bits per heavy atom. The zero-order valence-electron chi connectivity index (χ0n) is 13.1. The van der Waals surface area contributed by atoms with Gasteiger partial charge in [-0.25, -0.2) is 4.39 Å². The third kappa shape index (κ3) is 3.66. The first-order chi connectivity index (χ1) is 11.5. The summed E-state index contributed by atoms with van der Waals surface area (Å²) < 4.78 is 14.7. The van der Waals surface area contributed by atoms with E-state index in [9.17, 15) is 9.18 Å². The number of rotatable bonds is 4. The van der Waals surface area contributed by atoms with Crippen LogP contribution >= 0.6 is 11.6 Å². The van der Waals surface area contributed by atoms with Gasteiger partial charge in [-0.2, -0.15) is 0 Å². The van der Waals surface area contributed by atoms with Crippen LogP contribution in [-0.4, -0.2) is 11.6 Å². The number of benzene rings is 2. The Labute approximate surface area is 144 Å². The predicted molar refractivity (Wildman–Crippen MR) is 95.7 cm³/mol. The average Bonchev–Trinajstić information content (AvgIpc) is 2.59. The molecule has 122 valence electrons. The summed E-state index contributed by atoms with van der Waals surface area (Å²) in [5.41, 5.74) is 2.59. The van der Waals surface area contributed by atoms with E-state index in [1.165, 1.54) is 18.2 Å². The highest BCUT2D eigenvalue weighted by molar-refractivity contribution is 6.30. The van der Waals surface area contributed by atoms with Crippen LogP contribution in [0, 0.1) is 5.82 Å². The molecule has 0 radical (unpaired) electrons. The van der Waals surface area contributed by atoms with Crippen molar-refractivity contribution in [3.8, 4) is 0 Å². The quantitative estimate of drug-likeness (QED) is 0.699. The molecule has 1 aromatic heterocycles. The molecule has 0 saturated carbocycles. The van der Waals surface area contributed by atoms with Crippen LogP contribution in [-0.2, 0) is 6.54 Å². The van der Waals surface area contributed by atoms with E-state index in [2.05, 4.69) is 0 Å². The van der Waals surface area contributed by atoms with Crippen molar-refractivity contribution >= 4 is 23.0 Å². The average molecular weight is 343 g/mol. The fraction of sp³-hybridized carbons (Fsp3) is 0.105. The first-order valence-corrected chi connectivity index (χ1v) is 7.85. The lowest BCUT2D eigenvalue weighted by molar-refractivity contribution is 0.628. The van der Waals surface area contributed by atoms with Gasteiger partial charge < -0.3 is 9.47 Å². The molecule has 3 aromatic rings. The maximum atomic E-state index is 13.1. The number of pyridine rings is 1.